The first kappa shape index (κ1) is 32.4. The third-order valence-electron chi connectivity index (χ3n) is 5.12. The van der Waals surface area contributed by atoms with E-state index in [1.54, 1.807) is 11.8 Å². The number of unbranched alkanes of at least 4 members (excludes halogenated alkanes) is 10. The van der Waals surface area contributed by atoms with E-state index in [-0.39, 0.29) is 6.04 Å². The van der Waals surface area contributed by atoms with Gasteiger partial charge in [0.1, 0.15) is 12.1 Å². The highest BCUT2D eigenvalue weighted by atomic mass is 32.2. The Labute approximate surface area is 194 Å². The van der Waals surface area contributed by atoms with Crippen molar-refractivity contribution >= 4 is 23.7 Å². The summed E-state index contributed by atoms with van der Waals surface area (Å²) in [5.74, 6) is -0.740. The Bertz CT molecular complexity index is 414. The summed E-state index contributed by atoms with van der Waals surface area (Å²) in [6, 6.07) is -1.08. The molecule has 31 heavy (non-hydrogen) atoms. The molecule has 0 aromatic heterocycles. The zero-order valence-corrected chi connectivity index (χ0v) is 20.8. The lowest BCUT2D eigenvalue weighted by molar-refractivity contribution is -0.140. The van der Waals surface area contributed by atoms with Crippen LogP contribution in [-0.4, -0.2) is 59.3 Å². The molecule has 0 aliphatic carbocycles. The molecule has 0 saturated heterocycles. The van der Waals surface area contributed by atoms with Gasteiger partial charge in [0.25, 0.3) is 0 Å². The van der Waals surface area contributed by atoms with Crippen LogP contribution < -0.4 is 16.8 Å². The normalized spacial score (nSPS) is 12.6. The standard InChI is InChI=1S/C17H35NO2S.C6H14N2O2/c1-3-4-5-6-7-8-9-10-11-12-14-18-16(17(19)20)13-15-21-2;7-4-2-1-3-5(8)6(9)10/h16,18H,3-15H2,1-2H3,(H,19,20);5H,1-4,7-8H2,(H,9,10)/t16-;5-/m00/s1. The molecular formula is C23H49N3O4S. The van der Waals surface area contributed by atoms with Gasteiger partial charge in [0.15, 0.2) is 0 Å². The van der Waals surface area contributed by atoms with Gasteiger partial charge in [0, 0.05) is 0 Å². The second-order valence-corrected chi connectivity index (χ2v) is 9.02. The van der Waals surface area contributed by atoms with Crippen molar-refractivity contribution in [3.05, 3.63) is 0 Å². The summed E-state index contributed by atoms with van der Waals surface area (Å²) in [5.41, 5.74) is 10.4. The number of aliphatic carboxylic acids is 2. The summed E-state index contributed by atoms with van der Waals surface area (Å²) in [6.45, 7) is 3.69. The van der Waals surface area contributed by atoms with Crippen LogP contribution >= 0.6 is 11.8 Å². The van der Waals surface area contributed by atoms with Gasteiger partial charge in [-0.3, -0.25) is 9.59 Å². The van der Waals surface area contributed by atoms with E-state index in [0.717, 1.165) is 31.6 Å². The Morgan fingerprint density at radius 2 is 1.39 bits per heavy atom. The van der Waals surface area contributed by atoms with E-state index < -0.39 is 18.0 Å². The molecule has 0 bridgehead atoms. The van der Waals surface area contributed by atoms with Gasteiger partial charge in [-0.25, -0.2) is 0 Å². The maximum Gasteiger partial charge on any atom is 0.320 e. The summed E-state index contributed by atoms with van der Waals surface area (Å²) >= 11 is 1.70. The number of nitrogens with two attached hydrogens (primary N) is 2. The zero-order chi connectivity index (χ0) is 23.7. The molecule has 0 aromatic rings. The molecule has 7 N–H and O–H groups in total. The number of rotatable bonds is 21. The van der Waals surface area contributed by atoms with Crippen molar-refractivity contribution in [2.24, 2.45) is 11.5 Å². The van der Waals surface area contributed by atoms with E-state index in [4.69, 9.17) is 21.7 Å². The highest BCUT2D eigenvalue weighted by Gasteiger charge is 2.15. The molecule has 2 atom stereocenters. The second-order valence-electron chi connectivity index (χ2n) is 8.04. The smallest absolute Gasteiger partial charge is 0.320 e. The molecule has 0 aromatic carbocycles. The van der Waals surface area contributed by atoms with Gasteiger partial charge in [-0.05, 0) is 50.8 Å². The third kappa shape index (κ3) is 25.3. The predicted molar refractivity (Wildman–Crippen MR) is 133 cm³/mol. The molecule has 186 valence electrons. The van der Waals surface area contributed by atoms with E-state index in [1.807, 2.05) is 6.26 Å². The SMILES string of the molecule is CCCCCCCCCCCCN[C@@H](CCSC)C(=O)O.NCCCC[C@H](N)C(=O)O. The topological polar surface area (TPSA) is 139 Å². The van der Waals surface area contributed by atoms with Crippen molar-refractivity contribution in [3.63, 3.8) is 0 Å². The molecular weight excluding hydrogens is 414 g/mol. The Morgan fingerprint density at radius 3 is 1.84 bits per heavy atom. The van der Waals surface area contributed by atoms with Crippen LogP contribution in [0.5, 0.6) is 0 Å². The zero-order valence-electron chi connectivity index (χ0n) is 19.9. The lowest BCUT2D eigenvalue weighted by atomic mass is 10.1. The van der Waals surface area contributed by atoms with Crippen molar-refractivity contribution < 1.29 is 19.8 Å². The van der Waals surface area contributed by atoms with Gasteiger partial charge >= 0.3 is 11.9 Å². The molecule has 0 aliphatic heterocycles. The monoisotopic (exact) mass is 463 g/mol. The molecule has 8 heteroatoms. The van der Waals surface area contributed by atoms with E-state index in [0.29, 0.717) is 19.4 Å². The summed E-state index contributed by atoms with van der Waals surface area (Å²) in [6.07, 6.45) is 18.1. The lowest BCUT2D eigenvalue weighted by Crippen LogP contribution is -2.37. The van der Waals surface area contributed by atoms with Crippen molar-refractivity contribution in [2.45, 2.75) is 109 Å². The molecule has 0 unspecified atom stereocenters. The fourth-order valence-corrected chi connectivity index (χ4v) is 3.54. The number of thioether (sulfide) groups is 1. The Balaban J connectivity index is 0. The van der Waals surface area contributed by atoms with Crippen LogP contribution in [-0.2, 0) is 9.59 Å². The van der Waals surface area contributed by atoms with Gasteiger partial charge in [-0.1, -0.05) is 71.1 Å². The molecule has 7 nitrogen and oxygen atoms in total. The summed E-state index contributed by atoms with van der Waals surface area (Å²) in [7, 11) is 0. The highest BCUT2D eigenvalue weighted by Crippen LogP contribution is 2.10. The number of nitrogens with one attached hydrogen (secondary N) is 1. The van der Waals surface area contributed by atoms with E-state index in [9.17, 15) is 9.59 Å². The van der Waals surface area contributed by atoms with Gasteiger partial charge in [0.05, 0.1) is 0 Å². The number of carbonyl (C=O) groups is 2. The minimum absolute atomic E-state index is 0.365. The van der Waals surface area contributed by atoms with Crippen LogP contribution in [0, 0.1) is 0 Å². The predicted octanol–water partition coefficient (Wildman–Crippen LogP) is 4.23. The van der Waals surface area contributed by atoms with E-state index >= 15 is 0 Å². The largest absolute Gasteiger partial charge is 0.480 e. The fourth-order valence-electron chi connectivity index (χ4n) is 3.07. The number of carboxylic acids is 2. The number of hydrogen-bond donors (Lipinski definition) is 5. The van der Waals surface area contributed by atoms with Gasteiger partial charge in [0.2, 0.25) is 0 Å². The minimum Gasteiger partial charge on any atom is -0.480 e. The summed E-state index contributed by atoms with van der Waals surface area (Å²) in [5, 5.41) is 20.6. The molecule has 0 rings (SSSR count). The van der Waals surface area contributed by atoms with Crippen molar-refractivity contribution in [3.8, 4) is 0 Å². The molecule has 0 heterocycles. The van der Waals surface area contributed by atoms with Crippen LogP contribution in [0.4, 0.5) is 0 Å². The quantitative estimate of drug-likeness (QED) is 0.159. The Hall–Kier alpha value is -0.830. The summed E-state index contributed by atoms with van der Waals surface area (Å²) in [4.78, 5) is 21.2. The van der Waals surface area contributed by atoms with Crippen molar-refractivity contribution in [1.29, 1.82) is 0 Å². The highest BCUT2D eigenvalue weighted by molar-refractivity contribution is 7.98. The molecule has 0 saturated carbocycles. The van der Waals surface area contributed by atoms with Crippen LogP contribution in [0.2, 0.25) is 0 Å². The van der Waals surface area contributed by atoms with Crippen LogP contribution in [0.3, 0.4) is 0 Å². The maximum atomic E-state index is 11.0. The minimum atomic E-state index is -0.933. The number of hydrogen-bond acceptors (Lipinski definition) is 6. The Kier molecular flexibility index (Phi) is 26.5. The van der Waals surface area contributed by atoms with Crippen LogP contribution in [0.15, 0.2) is 0 Å². The van der Waals surface area contributed by atoms with Crippen LogP contribution in [0.1, 0.15) is 96.8 Å². The molecule has 0 aliphatic rings. The maximum absolute atomic E-state index is 11.0. The van der Waals surface area contributed by atoms with Gasteiger partial charge in [-0.15, -0.1) is 0 Å². The Morgan fingerprint density at radius 1 is 0.839 bits per heavy atom. The van der Waals surface area contributed by atoms with E-state index in [2.05, 4.69) is 12.2 Å². The number of carboxylic acid groups (broad SMARTS) is 2. The fraction of sp³-hybridized carbons (Fsp3) is 0.913. The summed E-state index contributed by atoms with van der Waals surface area (Å²) < 4.78 is 0. The van der Waals surface area contributed by atoms with Crippen molar-refractivity contribution in [1.82, 2.24) is 5.32 Å². The molecule has 0 radical (unpaired) electrons. The van der Waals surface area contributed by atoms with Crippen molar-refractivity contribution in [2.75, 3.05) is 25.1 Å². The average molecular weight is 464 g/mol. The lowest BCUT2D eigenvalue weighted by Gasteiger charge is -2.13. The van der Waals surface area contributed by atoms with Gasteiger partial charge < -0.3 is 27.0 Å². The first-order chi connectivity index (χ1) is 14.9. The first-order valence-corrected chi connectivity index (χ1v) is 13.4. The third-order valence-corrected chi connectivity index (χ3v) is 5.76. The van der Waals surface area contributed by atoms with Gasteiger partial charge in [-0.2, -0.15) is 11.8 Å². The molecule has 0 spiro atoms. The average Bonchev–Trinajstić information content (AvgIpc) is 2.74. The molecule has 0 fully saturated rings. The van der Waals surface area contributed by atoms with Crippen LogP contribution in [0.25, 0.3) is 0 Å². The van der Waals surface area contributed by atoms with E-state index in [1.165, 1.54) is 57.8 Å². The molecule has 0 amide bonds. The second kappa shape index (κ2) is 25.4. The first-order valence-electron chi connectivity index (χ1n) is 12.0.